The SMILES string of the molecule is COc1ccc(Br)c(CNCC(C)C)c1OCc1c(F)cccc1Cl. The van der Waals surface area contributed by atoms with Gasteiger partial charge in [-0.05, 0) is 36.7 Å². The Morgan fingerprint density at radius 3 is 2.60 bits per heavy atom. The topological polar surface area (TPSA) is 30.5 Å². The highest BCUT2D eigenvalue weighted by Crippen LogP contribution is 2.37. The van der Waals surface area contributed by atoms with Crippen molar-refractivity contribution in [3.05, 3.63) is 56.8 Å². The maximum Gasteiger partial charge on any atom is 0.167 e. The highest BCUT2D eigenvalue weighted by molar-refractivity contribution is 9.10. The van der Waals surface area contributed by atoms with Crippen molar-refractivity contribution in [1.82, 2.24) is 5.32 Å². The van der Waals surface area contributed by atoms with Crippen molar-refractivity contribution < 1.29 is 13.9 Å². The minimum Gasteiger partial charge on any atom is -0.493 e. The largest absolute Gasteiger partial charge is 0.493 e. The van der Waals surface area contributed by atoms with Crippen molar-refractivity contribution in [2.75, 3.05) is 13.7 Å². The summed E-state index contributed by atoms with van der Waals surface area (Å²) in [6.45, 7) is 5.80. The van der Waals surface area contributed by atoms with Crippen molar-refractivity contribution in [3.63, 3.8) is 0 Å². The number of methoxy groups -OCH3 is 1. The molecule has 0 unspecified atom stereocenters. The lowest BCUT2D eigenvalue weighted by molar-refractivity contribution is 0.275. The van der Waals surface area contributed by atoms with Crippen molar-refractivity contribution in [1.29, 1.82) is 0 Å². The molecule has 2 aromatic carbocycles. The normalized spacial score (nSPS) is 11.0. The van der Waals surface area contributed by atoms with E-state index in [-0.39, 0.29) is 12.4 Å². The van der Waals surface area contributed by atoms with Gasteiger partial charge in [0.2, 0.25) is 0 Å². The van der Waals surface area contributed by atoms with Crippen LogP contribution in [0.25, 0.3) is 0 Å². The molecule has 0 aliphatic rings. The first kappa shape index (κ1) is 20.0. The number of nitrogens with one attached hydrogen (secondary N) is 1. The Balaban J connectivity index is 2.26. The molecule has 3 nitrogen and oxygen atoms in total. The molecule has 0 heterocycles. The summed E-state index contributed by atoms with van der Waals surface area (Å²) in [5.74, 6) is 1.32. The van der Waals surface area contributed by atoms with Gasteiger partial charge in [0.15, 0.2) is 11.5 Å². The van der Waals surface area contributed by atoms with Crippen LogP contribution in [0.5, 0.6) is 11.5 Å². The van der Waals surface area contributed by atoms with E-state index in [4.69, 9.17) is 21.1 Å². The van der Waals surface area contributed by atoms with Gasteiger partial charge in [-0.25, -0.2) is 4.39 Å². The number of hydrogen-bond acceptors (Lipinski definition) is 3. The van der Waals surface area contributed by atoms with E-state index in [0.29, 0.717) is 34.5 Å². The molecule has 0 amide bonds. The van der Waals surface area contributed by atoms with Gasteiger partial charge in [-0.2, -0.15) is 0 Å². The fourth-order valence-corrected chi connectivity index (χ4v) is 3.04. The molecule has 0 spiro atoms. The fourth-order valence-electron chi connectivity index (χ4n) is 2.37. The van der Waals surface area contributed by atoms with Crippen LogP contribution < -0.4 is 14.8 Å². The summed E-state index contributed by atoms with van der Waals surface area (Å²) in [5.41, 5.74) is 1.25. The van der Waals surface area contributed by atoms with Crippen LogP contribution in [0.2, 0.25) is 5.02 Å². The molecule has 25 heavy (non-hydrogen) atoms. The predicted molar refractivity (Wildman–Crippen MR) is 103 cm³/mol. The van der Waals surface area contributed by atoms with Gasteiger partial charge in [0.05, 0.1) is 12.1 Å². The highest BCUT2D eigenvalue weighted by atomic mass is 79.9. The van der Waals surface area contributed by atoms with Crippen LogP contribution in [-0.2, 0) is 13.2 Å². The molecule has 0 aliphatic carbocycles. The van der Waals surface area contributed by atoms with Crippen molar-refractivity contribution in [2.45, 2.75) is 27.0 Å². The third-order valence-corrected chi connectivity index (χ3v) is 4.76. The zero-order valence-electron chi connectivity index (χ0n) is 14.5. The number of halogens is 3. The molecule has 0 atom stereocenters. The summed E-state index contributed by atoms with van der Waals surface area (Å²) >= 11 is 9.64. The Labute approximate surface area is 161 Å². The molecule has 0 saturated carbocycles. The lowest BCUT2D eigenvalue weighted by Crippen LogP contribution is -2.20. The van der Waals surface area contributed by atoms with E-state index >= 15 is 0 Å². The smallest absolute Gasteiger partial charge is 0.167 e. The molecule has 136 valence electrons. The van der Waals surface area contributed by atoms with Crippen LogP contribution in [-0.4, -0.2) is 13.7 Å². The minimum atomic E-state index is -0.388. The molecule has 2 rings (SSSR count). The summed E-state index contributed by atoms with van der Waals surface area (Å²) < 4.78 is 26.2. The van der Waals surface area contributed by atoms with Crippen LogP contribution in [0.4, 0.5) is 4.39 Å². The third kappa shape index (κ3) is 5.33. The fraction of sp³-hybridized carbons (Fsp3) is 0.368. The van der Waals surface area contributed by atoms with E-state index < -0.39 is 0 Å². The molecule has 0 radical (unpaired) electrons. The lowest BCUT2D eigenvalue weighted by Gasteiger charge is -2.18. The van der Waals surface area contributed by atoms with Crippen molar-refractivity contribution >= 4 is 27.5 Å². The second-order valence-electron chi connectivity index (χ2n) is 6.07. The summed E-state index contributed by atoms with van der Waals surface area (Å²) in [7, 11) is 1.58. The monoisotopic (exact) mass is 429 g/mol. The Morgan fingerprint density at radius 2 is 1.96 bits per heavy atom. The average molecular weight is 431 g/mol. The molecule has 1 N–H and O–H groups in total. The van der Waals surface area contributed by atoms with Crippen LogP contribution in [0.15, 0.2) is 34.8 Å². The van der Waals surface area contributed by atoms with E-state index in [1.54, 1.807) is 19.2 Å². The molecule has 0 bridgehead atoms. The van der Waals surface area contributed by atoms with E-state index in [1.807, 2.05) is 12.1 Å². The van der Waals surface area contributed by atoms with Gasteiger partial charge in [-0.3, -0.25) is 0 Å². The number of rotatable bonds is 8. The molecule has 6 heteroatoms. The van der Waals surface area contributed by atoms with Crippen LogP contribution >= 0.6 is 27.5 Å². The average Bonchev–Trinajstić information content (AvgIpc) is 2.56. The van der Waals surface area contributed by atoms with E-state index in [2.05, 4.69) is 35.1 Å². The lowest BCUT2D eigenvalue weighted by atomic mass is 10.1. The zero-order chi connectivity index (χ0) is 18.4. The molecular formula is C19H22BrClFNO2. The standard InChI is InChI=1S/C19H22BrClFNO2/c1-12(2)9-23-10-13-15(20)7-8-18(24-3)19(13)25-11-14-16(21)5-4-6-17(14)22/h4-8,12,23H,9-11H2,1-3H3. The predicted octanol–water partition coefficient (Wildman–Crippen LogP) is 5.57. The van der Waals surface area contributed by atoms with Crippen LogP contribution in [0, 0.1) is 11.7 Å². The molecule has 0 fully saturated rings. The Morgan fingerprint density at radius 1 is 1.20 bits per heavy atom. The molecule has 0 saturated heterocycles. The van der Waals surface area contributed by atoms with Crippen molar-refractivity contribution in [2.24, 2.45) is 5.92 Å². The number of hydrogen-bond donors (Lipinski definition) is 1. The summed E-state index contributed by atoms with van der Waals surface area (Å²) in [6, 6.07) is 8.31. The van der Waals surface area contributed by atoms with E-state index in [0.717, 1.165) is 16.6 Å². The first-order chi connectivity index (χ1) is 11.9. The van der Waals surface area contributed by atoms with Crippen LogP contribution in [0.1, 0.15) is 25.0 Å². The van der Waals surface area contributed by atoms with Gasteiger partial charge in [-0.15, -0.1) is 0 Å². The third-order valence-electron chi connectivity index (χ3n) is 3.66. The molecule has 0 aliphatic heterocycles. The zero-order valence-corrected chi connectivity index (χ0v) is 16.9. The summed E-state index contributed by atoms with van der Waals surface area (Å²) in [5, 5.41) is 3.73. The highest BCUT2D eigenvalue weighted by Gasteiger charge is 2.16. The summed E-state index contributed by atoms with van der Waals surface area (Å²) in [6.07, 6.45) is 0. The molecule has 0 aromatic heterocycles. The Kier molecular flexibility index (Phi) is 7.54. The minimum absolute atomic E-state index is 0.0233. The first-order valence-corrected chi connectivity index (χ1v) is 9.22. The Bertz CT molecular complexity index is 705. The summed E-state index contributed by atoms with van der Waals surface area (Å²) in [4.78, 5) is 0. The van der Waals surface area contributed by atoms with Gasteiger partial charge in [-0.1, -0.05) is 47.4 Å². The molecular weight excluding hydrogens is 409 g/mol. The number of ether oxygens (including phenoxy) is 2. The quantitative estimate of drug-likeness (QED) is 0.593. The van der Waals surface area contributed by atoms with Gasteiger partial charge >= 0.3 is 0 Å². The second-order valence-corrected chi connectivity index (χ2v) is 7.33. The van der Waals surface area contributed by atoms with Gasteiger partial charge in [0.1, 0.15) is 12.4 Å². The second kappa shape index (κ2) is 9.41. The maximum absolute atomic E-state index is 14.0. The van der Waals surface area contributed by atoms with E-state index in [9.17, 15) is 4.39 Å². The van der Waals surface area contributed by atoms with Gasteiger partial charge in [0, 0.05) is 22.1 Å². The molecule has 2 aromatic rings. The van der Waals surface area contributed by atoms with Crippen LogP contribution in [0.3, 0.4) is 0 Å². The number of benzene rings is 2. The first-order valence-electron chi connectivity index (χ1n) is 8.05. The van der Waals surface area contributed by atoms with Gasteiger partial charge in [0.25, 0.3) is 0 Å². The maximum atomic E-state index is 14.0. The van der Waals surface area contributed by atoms with Gasteiger partial charge < -0.3 is 14.8 Å². The van der Waals surface area contributed by atoms with Crippen molar-refractivity contribution in [3.8, 4) is 11.5 Å². The Hall–Kier alpha value is -1.30. The van der Waals surface area contributed by atoms with E-state index in [1.165, 1.54) is 6.07 Å².